The standard InChI is InChI=1S/C25H23NO4S/c1-15(2)30-19-12-8-17(9-13-19)23(27)21-22(20-5-4-14-31-20)26(25(29)24(21)28)18-10-6-16(3)7-11-18/h4-15,22,27H,1-3H3/b23-21-. The van der Waals surface area contributed by atoms with E-state index in [1.165, 1.54) is 16.2 Å². The Kier molecular flexibility index (Phi) is 5.65. The molecule has 1 N–H and O–H groups in total. The van der Waals surface area contributed by atoms with E-state index < -0.39 is 17.7 Å². The number of carbonyl (C=O) groups excluding carboxylic acids is 2. The Morgan fingerprint density at radius 1 is 1.03 bits per heavy atom. The van der Waals surface area contributed by atoms with Crippen LogP contribution < -0.4 is 9.64 Å². The first-order chi connectivity index (χ1) is 14.9. The highest BCUT2D eigenvalue weighted by Crippen LogP contribution is 2.43. The molecule has 6 heteroatoms. The third kappa shape index (κ3) is 3.99. The van der Waals surface area contributed by atoms with E-state index in [0.717, 1.165) is 10.4 Å². The molecule has 0 saturated carbocycles. The number of hydrogen-bond acceptors (Lipinski definition) is 5. The average Bonchev–Trinajstić information content (AvgIpc) is 3.36. The van der Waals surface area contributed by atoms with Crippen LogP contribution in [0, 0.1) is 6.92 Å². The van der Waals surface area contributed by atoms with Gasteiger partial charge in [0.1, 0.15) is 17.6 Å². The third-order valence-corrected chi connectivity index (χ3v) is 5.99. The molecule has 0 radical (unpaired) electrons. The summed E-state index contributed by atoms with van der Waals surface area (Å²) in [4.78, 5) is 28.4. The molecule has 5 nitrogen and oxygen atoms in total. The Bertz CT molecular complexity index is 1130. The van der Waals surface area contributed by atoms with E-state index in [0.29, 0.717) is 17.0 Å². The Hall–Kier alpha value is -3.38. The number of carbonyl (C=O) groups is 2. The molecule has 1 unspecified atom stereocenters. The van der Waals surface area contributed by atoms with Gasteiger partial charge < -0.3 is 9.84 Å². The Labute approximate surface area is 185 Å². The zero-order chi connectivity index (χ0) is 22.1. The van der Waals surface area contributed by atoms with Crippen molar-refractivity contribution in [2.24, 2.45) is 0 Å². The molecule has 1 aliphatic rings. The number of amides is 1. The van der Waals surface area contributed by atoms with Crippen LogP contribution in [0.4, 0.5) is 5.69 Å². The average molecular weight is 434 g/mol. The number of rotatable bonds is 5. The molecule has 31 heavy (non-hydrogen) atoms. The summed E-state index contributed by atoms with van der Waals surface area (Å²) in [5.74, 6) is -0.869. The molecule has 1 amide bonds. The van der Waals surface area contributed by atoms with Gasteiger partial charge in [0.05, 0.1) is 11.7 Å². The smallest absolute Gasteiger partial charge is 0.300 e. The van der Waals surface area contributed by atoms with Crippen LogP contribution in [0.15, 0.2) is 71.6 Å². The van der Waals surface area contributed by atoms with Crippen molar-refractivity contribution in [3.05, 3.63) is 87.6 Å². The van der Waals surface area contributed by atoms with Crippen molar-refractivity contribution in [1.82, 2.24) is 0 Å². The van der Waals surface area contributed by atoms with E-state index >= 15 is 0 Å². The molecule has 1 fully saturated rings. The van der Waals surface area contributed by atoms with Crippen molar-refractivity contribution < 1.29 is 19.4 Å². The summed E-state index contributed by atoms with van der Waals surface area (Å²) in [6.07, 6.45) is 0.0260. The highest BCUT2D eigenvalue weighted by atomic mass is 32.1. The maximum absolute atomic E-state index is 13.1. The molecule has 1 saturated heterocycles. The highest BCUT2D eigenvalue weighted by Gasteiger charge is 2.47. The molecular weight excluding hydrogens is 410 g/mol. The van der Waals surface area contributed by atoms with Crippen LogP contribution in [-0.2, 0) is 9.59 Å². The topological polar surface area (TPSA) is 66.8 Å². The highest BCUT2D eigenvalue weighted by molar-refractivity contribution is 7.10. The van der Waals surface area contributed by atoms with Gasteiger partial charge >= 0.3 is 0 Å². The van der Waals surface area contributed by atoms with Gasteiger partial charge in [-0.25, -0.2) is 0 Å². The van der Waals surface area contributed by atoms with Crippen molar-refractivity contribution in [3.63, 3.8) is 0 Å². The van der Waals surface area contributed by atoms with Gasteiger partial charge in [-0.1, -0.05) is 23.8 Å². The first-order valence-electron chi connectivity index (χ1n) is 10.0. The summed E-state index contributed by atoms with van der Waals surface area (Å²) in [6, 6.07) is 17.4. The fourth-order valence-corrected chi connectivity index (χ4v) is 4.46. The summed E-state index contributed by atoms with van der Waals surface area (Å²) in [7, 11) is 0. The second-order valence-electron chi connectivity index (χ2n) is 7.71. The van der Waals surface area contributed by atoms with Crippen LogP contribution in [0.5, 0.6) is 5.75 Å². The number of benzene rings is 2. The monoisotopic (exact) mass is 433 g/mol. The van der Waals surface area contributed by atoms with Crippen LogP contribution in [0.3, 0.4) is 0 Å². The molecule has 2 heterocycles. The second kappa shape index (κ2) is 8.40. The number of ketones is 1. The lowest BCUT2D eigenvalue weighted by molar-refractivity contribution is -0.132. The minimum atomic E-state index is -0.695. The fourth-order valence-electron chi connectivity index (χ4n) is 3.64. The summed E-state index contributed by atoms with van der Waals surface area (Å²) < 4.78 is 5.65. The zero-order valence-corrected chi connectivity index (χ0v) is 18.3. The number of ether oxygens (including phenoxy) is 1. The van der Waals surface area contributed by atoms with Gasteiger partial charge in [0.2, 0.25) is 0 Å². The van der Waals surface area contributed by atoms with Gasteiger partial charge in [-0.2, -0.15) is 0 Å². The predicted octanol–water partition coefficient (Wildman–Crippen LogP) is 5.47. The quantitative estimate of drug-likeness (QED) is 0.329. The number of Topliss-reactive ketones (excluding diaryl/α,β-unsaturated/α-hetero) is 1. The van der Waals surface area contributed by atoms with Crippen LogP contribution in [0.1, 0.15) is 35.9 Å². The van der Waals surface area contributed by atoms with E-state index in [1.807, 2.05) is 62.5 Å². The van der Waals surface area contributed by atoms with Gasteiger partial charge in [-0.05, 0) is 68.6 Å². The van der Waals surface area contributed by atoms with E-state index in [1.54, 1.807) is 24.3 Å². The fraction of sp³-hybridized carbons (Fsp3) is 0.200. The molecule has 0 spiro atoms. The van der Waals surface area contributed by atoms with Crippen molar-refractivity contribution in [3.8, 4) is 5.75 Å². The molecule has 0 bridgehead atoms. The predicted molar refractivity (Wildman–Crippen MR) is 122 cm³/mol. The maximum atomic E-state index is 13.1. The summed E-state index contributed by atoms with van der Waals surface area (Å²) in [5.41, 5.74) is 2.22. The van der Waals surface area contributed by atoms with Gasteiger partial charge in [-0.3, -0.25) is 14.5 Å². The zero-order valence-electron chi connectivity index (χ0n) is 17.5. The number of hydrogen-bond donors (Lipinski definition) is 1. The molecule has 158 valence electrons. The second-order valence-corrected chi connectivity index (χ2v) is 8.69. The number of thiophene rings is 1. The molecule has 3 aromatic rings. The van der Waals surface area contributed by atoms with Crippen molar-refractivity contribution in [2.75, 3.05) is 4.90 Å². The minimum Gasteiger partial charge on any atom is -0.507 e. The van der Waals surface area contributed by atoms with Gasteiger partial charge in [0.25, 0.3) is 11.7 Å². The molecule has 4 rings (SSSR count). The molecule has 0 aliphatic carbocycles. The van der Waals surface area contributed by atoms with Crippen LogP contribution in [-0.4, -0.2) is 22.9 Å². The minimum absolute atomic E-state index is 0.0260. The molecule has 1 aromatic heterocycles. The van der Waals surface area contributed by atoms with E-state index in [-0.39, 0.29) is 17.4 Å². The lowest BCUT2D eigenvalue weighted by Gasteiger charge is -2.24. The number of anilines is 1. The van der Waals surface area contributed by atoms with Crippen LogP contribution in [0.25, 0.3) is 5.76 Å². The first-order valence-corrected chi connectivity index (χ1v) is 10.9. The van der Waals surface area contributed by atoms with Gasteiger partial charge in [-0.15, -0.1) is 11.3 Å². The van der Waals surface area contributed by atoms with Gasteiger partial charge in [0.15, 0.2) is 0 Å². The Balaban J connectivity index is 1.82. The SMILES string of the molecule is Cc1ccc(N2C(=O)C(=O)/C(=C(\O)c3ccc(OC(C)C)cc3)C2c2cccs2)cc1. The first kappa shape index (κ1) is 20.9. The van der Waals surface area contributed by atoms with E-state index in [2.05, 4.69) is 0 Å². The lowest BCUT2D eigenvalue weighted by Crippen LogP contribution is -2.29. The van der Waals surface area contributed by atoms with Gasteiger partial charge in [0, 0.05) is 16.1 Å². The van der Waals surface area contributed by atoms with Crippen LogP contribution in [0.2, 0.25) is 0 Å². The molecule has 1 atom stereocenters. The largest absolute Gasteiger partial charge is 0.507 e. The summed E-state index contributed by atoms with van der Waals surface area (Å²) in [5, 5.41) is 13.0. The Morgan fingerprint density at radius 3 is 2.29 bits per heavy atom. The molecular formula is C25H23NO4S. The van der Waals surface area contributed by atoms with E-state index in [9.17, 15) is 14.7 Å². The number of aliphatic hydroxyl groups excluding tert-OH is 1. The maximum Gasteiger partial charge on any atom is 0.300 e. The Morgan fingerprint density at radius 2 is 1.71 bits per heavy atom. The number of aliphatic hydroxyl groups is 1. The van der Waals surface area contributed by atoms with Crippen molar-refractivity contribution in [1.29, 1.82) is 0 Å². The number of nitrogens with zero attached hydrogens (tertiary/aromatic N) is 1. The summed E-state index contributed by atoms with van der Waals surface area (Å²) in [6.45, 7) is 5.82. The third-order valence-electron chi connectivity index (χ3n) is 5.07. The summed E-state index contributed by atoms with van der Waals surface area (Å²) >= 11 is 1.44. The van der Waals surface area contributed by atoms with E-state index in [4.69, 9.17) is 4.74 Å². The lowest BCUT2D eigenvalue weighted by atomic mass is 9.99. The van der Waals surface area contributed by atoms with Crippen LogP contribution >= 0.6 is 11.3 Å². The van der Waals surface area contributed by atoms with Crippen molar-refractivity contribution >= 4 is 34.5 Å². The normalized spacial score (nSPS) is 18.1. The molecule has 1 aliphatic heterocycles. The molecule has 2 aromatic carbocycles. The van der Waals surface area contributed by atoms with Crippen molar-refractivity contribution in [2.45, 2.75) is 32.9 Å². The number of aryl methyl sites for hydroxylation is 1.